The molecule has 1 aliphatic rings. The largest absolute Gasteiger partial charge is 0.494 e. The Bertz CT molecular complexity index is 1270. The molecule has 2 heterocycles. The van der Waals surface area contributed by atoms with Crippen LogP contribution in [0.2, 0.25) is 0 Å². The van der Waals surface area contributed by atoms with Crippen LogP contribution >= 0.6 is 0 Å². The van der Waals surface area contributed by atoms with Crippen LogP contribution in [0.1, 0.15) is 31.2 Å². The Morgan fingerprint density at radius 1 is 1.21 bits per heavy atom. The highest BCUT2D eigenvalue weighted by Gasteiger charge is 2.34. The minimum absolute atomic E-state index is 0.121. The number of rotatable bonds is 7. The number of ether oxygens (including phenoxy) is 1. The number of nitrogens with one attached hydrogen (secondary N) is 1. The van der Waals surface area contributed by atoms with Gasteiger partial charge in [-0.1, -0.05) is 17.3 Å². The van der Waals surface area contributed by atoms with Gasteiger partial charge in [-0.25, -0.2) is 8.42 Å². The molecule has 1 aliphatic heterocycles. The van der Waals surface area contributed by atoms with Crippen LogP contribution in [-0.2, 0) is 14.8 Å². The number of hydrogen-bond donors (Lipinski definition) is 1. The normalized spacial score (nSPS) is 16.9. The lowest BCUT2D eigenvalue weighted by molar-refractivity contribution is -0.120. The van der Waals surface area contributed by atoms with E-state index in [1.807, 2.05) is 6.92 Å². The number of hydrogen-bond acceptors (Lipinski definition) is 7. The van der Waals surface area contributed by atoms with Gasteiger partial charge < -0.3 is 14.6 Å². The molecular weight excluding hydrogens is 456 g/mol. The van der Waals surface area contributed by atoms with Gasteiger partial charge in [0.2, 0.25) is 27.6 Å². The second-order valence-corrected chi connectivity index (χ2v) is 10.2. The lowest BCUT2D eigenvalue weighted by atomic mass is 9.99. The van der Waals surface area contributed by atoms with E-state index in [4.69, 9.17) is 9.26 Å². The van der Waals surface area contributed by atoms with Crippen molar-refractivity contribution in [3.63, 3.8) is 0 Å². The zero-order valence-corrected chi connectivity index (χ0v) is 20.3. The summed E-state index contributed by atoms with van der Waals surface area (Å²) in [5.74, 6) is 0.817. The Kier molecular flexibility index (Phi) is 6.99. The van der Waals surface area contributed by atoms with Crippen LogP contribution in [0.4, 0.5) is 5.69 Å². The summed E-state index contributed by atoms with van der Waals surface area (Å²) < 4.78 is 38.9. The number of aromatic nitrogens is 2. The third-order valence-corrected chi connectivity index (χ3v) is 7.79. The van der Waals surface area contributed by atoms with E-state index in [9.17, 15) is 13.2 Å². The number of amides is 1. The van der Waals surface area contributed by atoms with Gasteiger partial charge in [-0.2, -0.15) is 9.29 Å². The van der Waals surface area contributed by atoms with Crippen molar-refractivity contribution in [2.24, 2.45) is 5.92 Å². The van der Waals surface area contributed by atoms with Gasteiger partial charge >= 0.3 is 0 Å². The van der Waals surface area contributed by atoms with Crippen molar-refractivity contribution >= 4 is 21.6 Å². The first-order valence-electron chi connectivity index (χ1n) is 11.2. The number of piperidine rings is 1. The maximum Gasteiger partial charge on any atom is 0.243 e. The molecule has 1 amide bonds. The van der Waals surface area contributed by atoms with Crippen molar-refractivity contribution in [3.8, 4) is 17.1 Å². The Morgan fingerprint density at radius 2 is 1.97 bits per heavy atom. The average molecular weight is 485 g/mol. The maximum atomic E-state index is 13.5. The first kappa shape index (κ1) is 23.9. The van der Waals surface area contributed by atoms with Gasteiger partial charge in [0, 0.05) is 31.3 Å². The molecule has 0 radical (unpaired) electrons. The summed E-state index contributed by atoms with van der Waals surface area (Å²) in [6.07, 6.45) is 1.22. The Hall–Kier alpha value is -3.24. The molecule has 1 saturated heterocycles. The molecular formula is C24H28N4O5S. The number of nitrogens with zero attached hydrogens (tertiary/aromatic N) is 3. The minimum Gasteiger partial charge on any atom is -0.494 e. The molecule has 0 spiro atoms. The Morgan fingerprint density at radius 3 is 2.65 bits per heavy atom. The lowest BCUT2D eigenvalue weighted by Gasteiger charge is -2.31. The van der Waals surface area contributed by atoms with Crippen LogP contribution < -0.4 is 10.1 Å². The van der Waals surface area contributed by atoms with Crippen molar-refractivity contribution in [1.82, 2.24) is 14.4 Å². The summed E-state index contributed by atoms with van der Waals surface area (Å²) in [4.78, 5) is 17.3. The molecule has 2 aromatic carbocycles. The summed E-state index contributed by atoms with van der Waals surface area (Å²) in [5, 5.41) is 6.78. The van der Waals surface area contributed by atoms with Gasteiger partial charge in [0.15, 0.2) is 0 Å². The molecule has 10 heteroatoms. The van der Waals surface area contributed by atoms with E-state index in [2.05, 4.69) is 15.5 Å². The van der Waals surface area contributed by atoms with Crippen LogP contribution in [0.5, 0.6) is 5.75 Å². The fraction of sp³-hybridized carbons (Fsp3) is 0.375. The van der Waals surface area contributed by atoms with E-state index in [0.717, 1.165) is 5.75 Å². The van der Waals surface area contributed by atoms with Gasteiger partial charge in [-0.15, -0.1) is 0 Å². The number of carbonyl (C=O) groups excluding carboxylic acids is 1. The third kappa shape index (κ3) is 5.13. The standard InChI is InChI=1S/C24H28N4O5S/c1-4-32-21-11-9-20(10-12-21)26-24(29)19-6-5-13-28(15-19)34(30,31)22-14-18(8-7-16(22)2)23-25-17(3)33-27-23/h7-12,14,19H,4-6,13,15H2,1-3H3,(H,26,29). The average Bonchev–Trinajstić information content (AvgIpc) is 3.27. The zero-order chi connectivity index (χ0) is 24.3. The molecule has 0 bridgehead atoms. The van der Waals surface area contributed by atoms with E-state index in [1.165, 1.54) is 4.31 Å². The van der Waals surface area contributed by atoms with E-state index in [0.29, 0.717) is 54.5 Å². The topological polar surface area (TPSA) is 115 Å². The molecule has 0 aliphatic carbocycles. The number of carbonyl (C=O) groups is 1. The third-order valence-electron chi connectivity index (χ3n) is 5.78. The maximum absolute atomic E-state index is 13.5. The zero-order valence-electron chi connectivity index (χ0n) is 19.4. The van der Waals surface area contributed by atoms with Crippen LogP contribution in [0.25, 0.3) is 11.4 Å². The molecule has 34 heavy (non-hydrogen) atoms. The van der Waals surface area contributed by atoms with Crippen LogP contribution in [0, 0.1) is 19.8 Å². The number of anilines is 1. The van der Waals surface area contributed by atoms with Crippen molar-refractivity contribution in [3.05, 3.63) is 53.9 Å². The molecule has 3 aromatic rings. The molecule has 1 fully saturated rings. The molecule has 1 unspecified atom stereocenters. The SMILES string of the molecule is CCOc1ccc(NC(=O)C2CCCN(S(=O)(=O)c3cc(-c4noc(C)n4)ccc3C)C2)cc1. The van der Waals surface area contributed by atoms with Gasteiger partial charge in [0.25, 0.3) is 0 Å². The van der Waals surface area contributed by atoms with Crippen LogP contribution in [-0.4, -0.2) is 48.5 Å². The van der Waals surface area contributed by atoms with E-state index in [-0.39, 0.29) is 17.3 Å². The second-order valence-electron chi connectivity index (χ2n) is 8.27. The molecule has 4 rings (SSSR count). The number of aryl methyl sites for hydroxylation is 2. The van der Waals surface area contributed by atoms with Crippen molar-refractivity contribution < 1.29 is 22.5 Å². The van der Waals surface area contributed by atoms with E-state index in [1.54, 1.807) is 56.3 Å². The van der Waals surface area contributed by atoms with Gasteiger partial charge in [-0.3, -0.25) is 4.79 Å². The van der Waals surface area contributed by atoms with Gasteiger partial charge in [0.05, 0.1) is 17.4 Å². The minimum atomic E-state index is -3.82. The highest BCUT2D eigenvalue weighted by molar-refractivity contribution is 7.89. The van der Waals surface area contributed by atoms with Gasteiger partial charge in [-0.05, 0) is 62.6 Å². The fourth-order valence-electron chi connectivity index (χ4n) is 3.99. The Balaban J connectivity index is 1.50. The summed E-state index contributed by atoms with van der Waals surface area (Å²) >= 11 is 0. The van der Waals surface area contributed by atoms with Crippen molar-refractivity contribution in [1.29, 1.82) is 0 Å². The second kappa shape index (κ2) is 9.94. The van der Waals surface area contributed by atoms with E-state index < -0.39 is 15.9 Å². The smallest absolute Gasteiger partial charge is 0.243 e. The van der Waals surface area contributed by atoms with Crippen LogP contribution in [0.15, 0.2) is 51.9 Å². The highest BCUT2D eigenvalue weighted by Crippen LogP contribution is 2.29. The highest BCUT2D eigenvalue weighted by atomic mass is 32.2. The molecule has 9 nitrogen and oxygen atoms in total. The molecule has 1 aromatic heterocycles. The molecule has 1 atom stereocenters. The fourth-order valence-corrected chi connectivity index (χ4v) is 5.77. The quantitative estimate of drug-likeness (QED) is 0.542. The first-order chi connectivity index (χ1) is 16.3. The van der Waals surface area contributed by atoms with Crippen LogP contribution in [0.3, 0.4) is 0 Å². The summed E-state index contributed by atoms with van der Waals surface area (Å²) in [6.45, 7) is 6.38. The predicted molar refractivity (Wildman–Crippen MR) is 127 cm³/mol. The molecule has 0 saturated carbocycles. The monoisotopic (exact) mass is 484 g/mol. The van der Waals surface area contributed by atoms with E-state index >= 15 is 0 Å². The summed E-state index contributed by atoms with van der Waals surface area (Å²) in [5.41, 5.74) is 1.82. The Labute approximate surface area is 199 Å². The predicted octanol–water partition coefficient (Wildman–Crippen LogP) is 3.79. The van der Waals surface area contributed by atoms with Crippen molar-refractivity contribution in [2.45, 2.75) is 38.5 Å². The summed E-state index contributed by atoms with van der Waals surface area (Å²) in [7, 11) is -3.82. The number of sulfonamides is 1. The summed E-state index contributed by atoms with van der Waals surface area (Å²) in [6, 6.07) is 12.2. The first-order valence-corrected chi connectivity index (χ1v) is 12.7. The number of benzene rings is 2. The van der Waals surface area contributed by atoms with Crippen molar-refractivity contribution in [2.75, 3.05) is 25.0 Å². The molecule has 180 valence electrons. The lowest BCUT2D eigenvalue weighted by Crippen LogP contribution is -2.43. The molecule has 1 N–H and O–H groups in total. The van der Waals surface area contributed by atoms with Gasteiger partial charge in [0.1, 0.15) is 5.75 Å².